The number of nitrogens with one attached hydrogen (secondary N) is 2. The van der Waals surface area contributed by atoms with Gasteiger partial charge in [0.25, 0.3) is 5.91 Å². The lowest BCUT2D eigenvalue weighted by Crippen LogP contribution is -2.18. The summed E-state index contributed by atoms with van der Waals surface area (Å²) in [6, 6.07) is 8.15. The Hall–Kier alpha value is -3.66. The molecule has 3 aromatic rings. The number of thiazole rings is 1. The van der Waals surface area contributed by atoms with Gasteiger partial charge in [0, 0.05) is 17.8 Å². The summed E-state index contributed by atoms with van der Waals surface area (Å²) < 4.78 is 4.70. The van der Waals surface area contributed by atoms with Crippen molar-refractivity contribution < 1.29 is 19.1 Å². The number of aromatic nitrogens is 3. The van der Waals surface area contributed by atoms with E-state index in [2.05, 4.69) is 25.6 Å². The van der Waals surface area contributed by atoms with E-state index in [-0.39, 0.29) is 23.7 Å². The molecule has 2 N–H and O–H groups in total. The van der Waals surface area contributed by atoms with Crippen LogP contribution < -0.4 is 10.6 Å². The van der Waals surface area contributed by atoms with Crippen molar-refractivity contribution >= 4 is 39.9 Å². The first-order valence-electron chi connectivity index (χ1n) is 8.07. The normalized spacial score (nSPS) is 10.2. The molecule has 0 fully saturated rings. The van der Waals surface area contributed by atoms with Gasteiger partial charge in [-0.2, -0.15) is 0 Å². The van der Waals surface area contributed by atoms with E-state index in [0.717, 1.165) is 0 Å². The van der Waals surface area contributed by atoms with E-state index in [1.54, 1.807) is 35.7 Å². The average Bonchev–Trinajstić information content (AvgIpc) is 3.15. The molecule has 0 aliphatic rings. The highest BCUT2D eigenvalue weighted by molar-refractivity contribution is 7.14. The van der Waals surface area contributed by atoms with Crippen molar-refractivity contribution in [2.75, 3.05) is 17.7 Å². The summed E-state index contributed by atoms with van der Waals surface area (Å²) in [5, 5.41) is 7.24. The molecule has 2 amide bonds. The molecule has 142 valence electrons. The zero-order valence-corrected chi connectivity index (χ0v) is 15.5. The van der Waals surface area contributed by atoms with E-state index in [1.807, 2.05) is 0 Å². The zero-order valence-electron chi connectivity index (χ0n) is 14.7. The third-order valence-corrected chi connectivity index (χ3v) is 4.30. The number of methoxy groups -OCH3 is 1. The van der Waals surface area contributed by atoms with E-state index < -0.39 is 11.9 Å². The van der Waals surface area contributed by atoms with Gasteiger partial charge >= 0.3 is 5.97 Å². The highest BCUT2D eigenvalue weighted by atomic mass is 32.1. The van der Waals surface area contributed by atoms with Gasteiger partial charge in [0.2, 0.25) is 11.7 Å². The van der Waals surface area contributed by atoms with Gasteiger partial charge in [0.15, 0.2) is 5.13 Å². The number of esters is 1. The zero-order chi connectivity index (χ0) is 19.9. The number of anilines is 2. The largest absolute Gasteiger partial charge is 0.465 e. The fraction of sp³-hybridized carbons (Fsp3) is 0.111. The van der Waals surface area contributed by atoms with Crippen molar-refractivity contribution in [2.24, 2.45) is 0 Å². The summed E-state index contributed by atoms with van der Waals surface area (Å²) in [7, 11) is 1.27. The third-order valence-electron chi connectivity index (χ3n) is 3.49. The number of hydrogen-bond donors (Lipinski definition) is 2. The number of hydrogen-bond acceptors (Lipinski definition) is 8. The molecule has 0 unspecified atom stereocenters. The minimum absolute atomic E-state index is 0.0241. The van der Waals surface area contributed by atoms with Crippen LogP contribution in [0, 0.1) is 0 Å². The Balaban J connectivity index is 1.62. The molecule has 0 radical (unpaired) electrons. The number of ether oxygens (including phenoxy) is 1. The van der Waals surface area contributed by atoms with Crippen LogP contribution in [0.1, 0.15) is 26.7 Å². The van der Waals surface area contributed by atoms with Crippen LogP contribution in [0.4, 0.5) is 10.8 Å². The highest BCUT2D eigenvalue weighted by Crippen LogP contribution is 2.19. The Labute approximate surface area is 163 Å². The van der Waals surface area contributed by atoms with E-state index in [1.165, 1.54) is 30.8 Å². The Morgan fingerprint density at radius 2 is 1.82 bits per heavy atom. The molecule has 0 bridgehead atoms. The molecule has 0 spiro atoms. The molecule has 0 saturated heterocycles. The molecule has 1 aromatic carbocycles. The molecule has 28 heavy (non-hydrogen) atoms. The van der Waals surface area contributed by atoms with Gasteiger partial charge in [-0.25, -0.2) is 19.7 Å². The minimum atomic E-state index is -0.544. The van der Waals surface area contributed by atoms with Crippen molar-refractivity contribution in [2.45, 2.75) is 6.42 Å². The summed E-state index contributed by atoms with van der Waals surface area (Å²) in [5.74, 6) is -1.36. The SMILES string of the molecule is COC(=O)c1ccccc1NC(=O)Cc1csc(NC(=O)c2ncccn2)n1. The van der Waals surface area contributed by atoms with E-state index >= 15 is 0 Å². The number of amides is 2. The van der Waals surface area contributed by atoms with Crippen molar-refractivity contribution in [1.29, 1.82) is 0 Å². The number of carbonyl (C=O) groups excluding carboxylic acids is 3. The van der Waals surface area contributed by atoms with Crippen LogP contribution in [0.3, 0.4) is 0 Å². The fourth-order valence-electron chi connectivity index (χ4n) is 2.25. The van der Waals surface area contributed by atoms with Gasteiger partial charge in [-0.15, -0.1) is 11.3 Å². The lowest BCUT2D eigenvalue weighted by Gasteiger charge is -2.08. The quantitative estimate of drug-likeness (QED) is 0.611. The predicted molar refractivity (Wildman–Crippen MR) is 102 cm³/mol. The van der Waals surface area contributed by atoms with Crippen LogP contribution in [-0.4, -0.2) is 39.8 Å². The first kappa shape index (κ1) is 19.1. The third kappa shape index (κ3) is 4.74. The Morgan fingerprint density at radius 3 is 2.57 bits per heavy atom. The van der Waals surface area contributed by atoms with Crippen LogP contribution >= 0.6 is 11.3 Å². The molecular weight excluding hydrogens is 382 g/mol. The smallest absolute Gasteiger partial charge is 0.339 e. The van der Waals surface area contributed by atoms with Crippen LogP contribution in [0.15, 0.2) is 48.1 Å². The van der Waals surface area contributed by atoms with Gasteiger partial charge in [-0.05, 0) is 18.2 Å². The molecule has 0 atom stereocenters. The number of nitrogens with zero attached hydrogens (tertiary/aromatic N) is 3. The van der Waals surface area contributed by atoms with Crippen LogP contribution in [0.5, 0.6) is 0 Å². The van der Waals surface area contributed by atoms with Gasteiger partial charge in [0.05, 0.1) is 30.5 Å². The monoisotopic (exact) mass is 397 g/mol. The Bertz CT molecular complexity index is 1010. The highest BCUT2D eigenvalue weighted by Gasteiger charge is 2.15. The maximum absolute atomic E-state index is 12.3. The van der Waals surface area contributed by atoms with Gasteiger partial charge < -0.3 is 10.1 Å². The van der Waals surface area contributed by atoms with E-state index in [4.69, 9.17) is 4.74 Å². The summed E-state index contributed by atoms with van der Waals surface area (Å²) in [4.78, 5) is 48.0. The minimum Gasteiger partial charge on any atom is -0.465 e. The first-order chi connectivity index (χ1) is 13.6. The van der Waals surface area contributed by atoms with E-state index in [0.29, 0.717) is 16.5 Å². The second kappa shape index (κ2) is 8.82. The number of carbonyl (C=O) groups is 3. The molecule has 10 heteroatoms. The number of benzene rings is 1. The maximum Gasteiger partial charge on any atom is 0.339 e. The van der Waals surface area contributed by atoms with Gasteiger partial charge in [-0.1, -0.05) is 12.1 Å². The average molecular weight is 397 g/mol. The van der Waals surface area contributed by atoms with Crippen molar-refractivity contribution in [3.05, 3.63) is 65.2 Å². The van der Waals surface area contributed by atoms with Crippen molar-refractivity contribution in [1.82, 2.24) is 15.0 Å². The second-order valence-corrected chi connectivity index (χ2v) is 6.29. The van der Waals surface area contributed by atoms with Gasteiger partial charge in [-0.3, -0.25) is 14.9 Å². The molecule has 0 aliphatic carbocycles. The first-order valence-corrected chi connectivity index (χ1v) is 8.94. The Morgan fingerprint density at radius 1 is 1.07 bits per heavy atom. The van der Waals surface area contributed by atoms with E-state index in [9.17, 15) is 14.4 Å². The molecule has 0 aliphatic heterocycles. The lowest BCUT2D eigenvalue weighted by molar-refractivity contribution is -0.115. The predicted octanol–water partition coefficient (Wildman–Crippen LogP) is 2.15. The molecule has 0 saturated carbocycles. The summed E-state index contributed by atoms with van der Waals surface area (Å²) >= 11 is 1.18. The molecule has 2 heterocycles. The van der Waals surface area contributed by atoms with Crippen molar-refractivity contribution in [3.63, 3.8) is 0 Å². The molecule has 3 rings (SSSR count). The molecule has 2 aromatic heterocycles. The van der Waals surface area contributed by atoms with Crippen LogP contribution in [-0.2, 0) is 16.0 Å². The van der Waals surface area contributed by atoms with Gasteiger partial charge in [0.1, 0.15) is 0 Å². The topological polar surface area (TPSA) is 123 Å². The summed E-state index contributed by atoms with van der Waals surface area (Å²) in [6.07, 6.45) is 2.90. The van der Waals surface area contributed by atoms with Crippen LogP contribution in [0.25, 0.3) is 0 Å². The Kier molecular flexibility index (Phi) is 6.02. The standard InChI is InChI=1S/C18H15N5O4S/c1-27-17(26)12-5-2-3-6-13(12)22-14(24)9-11-10-28-18(21-11)23-16(25)15-19-7-4-8-20-15/h2-8,10H,9H2,1H3,(H,22,24)(H,21,23,25). The molecular formula is C18H15N5O4S. The van der Waals surface area contributed by atoms with Crippen LogP contribution in [0.2, 0.25) is 0 Å². The van der Waals surface area contributed by atoms with Crippen molar-refractivity contribution in [3.8, 4) is 0 Å². The summed E-state index contributed by atoms with van der Waals surface area (Å²) in [6.45, 7) is 0. The summed E-state index contributed by atoms with van der Waals surface area (Å²) in [5.41, 5.74) is 1.08. The number of rotatable bonds is 6. The second-order valence-electron chi connectivity index (χ2n) is 5.43. The number of para-hydroxylation sites is 1. The fourth-order valence-corrected chi connectivity index (χ4v) is 2.96. The maximum atomic E-state index is 12.3. The lowest BCUT2D eigenvalue weighted by atomic mass is 10.1. The molecule has 9 nitrogen and oxygen atoms in total.